The number of imidazole rings is 1. The summed E-state index contributed by atoms with van der Waals surface area (Å²) in [7, 11) is 0. The minimum absolute atomic E-state index is 0.284. The lowest BCUT2D eigenvalue weighted by Gasteiger charge is -2.35. The van der Waals surface area contributed by atoms with Crippen LogP contribution in [-0.2, 0) is 10.6 Å². The lowest BCUT2D eigenvalue weighted by atomic mass is 10.1. The Morgan fingerprint density at radius 3 is 2.95 bits per heavy atom. The van der Waals surface area contributed by atoms with Crippen molar-refractivity contribution in [2.45, 2.75) is 24.2 Å². The predicted octanol–water partition coefficient (Wildman–Crippen LogP) is -3.11. The van der Waals surface area contributed by atoms with Crippen LogP contribution in [0.2, 0.25) is 0 Å². The van der Waals surface area contributed by atoms with Gasteiger partial charge in [0.05, 0.1) is 6.61 Å². The molecule has 2 aromatic rings. The van der Waals surface area contributed by atoms with Crippen LogP contribution in [0.15, 0.2) is 12.7 Å². The van der Waals surface area contributed by atoms with Gasteiger partial charge in [0, 0.05) is 0 Å². The van der Waals surface area contributed by atoms with Gasteiger partial charge in [0.2, 0.25) is 12.1 Å². The number of hydrogen-bond acceptors (Lipinski definition) is 7. The van der Waals surface area contributed by atoms with Gasteiger partial charge in [0.15, 0.2) is 17.9 Å². The van der Waals surface area contributed by atoms with Gasteiger partial charge in [-0.3, -0.25) is 0 Å². The number of nitrogen functional groups attached to an aromatic ring is 1. The fraction of sp³-hybridized carbons (Fsp3) is 0.500. The highest BCUT2D eigenvalue weighted by Gasteiger charge is 2.68. The molecule has 9 heteroatoms. The second kappa shape index (κ2) is 3.20. The first-order valence-electron chi connectivity index (χ1n) is 5.80. The number of ether oxygens (including phenoxy) is 1. The zero-order valence-corrected chi connectivity index (χ0v) is 9.71. The smallest absolute Gasteiger partial charge is 0.357 e. The highest BCUT2D eigenvalue weighted by molar-refractivity contribution is 5.80. The number of hydrogen-bond donors (Lipinski definition) is 4. The molecule has 4 rings (SSSR count). The van der Waals surface area contributed by atoms with Crippen molar-refractivity contribution in [2.75, 3.05) is 12.3 Å². The highest BCUT2D eigenvalue weighted by Crippen LogP contribution is 2.40. The number of aromatic nitrogens is 4. The summed E-state index contributed by atoms with van der Waals surface area (Å²) in [6.45, 7) is -0.393. The molecule has 2 aliphatic heterocycles. The molecule has 0 amide bonds. The monoisotopic (exact) mass is 266 g/mol. The minimum Gasteiger partial charge on any atom is -0.394 e. The maximum absolute atomic E-state index is 10.2. The first-order chi connectivity index (χ1) is 9.11. The molecular formula is C10H12N5O4+. The number of aliphatic hydroxyl groups excluding tert-OH is 3. The van der Waals surface area contributed by atoms with Crippen molar-refractivity contribution in [3.05, 3.63) is 12.7 Å². The van der Waals surface area contributed by atoms with Crippen molar-refractivity contribution in [1.29, 1.82) is 0 Å². The van der Waals surface area contributed by atoms with E-state index in [0.29, 0.717) is 11.2 Å². The van der Waals surface area contributed by atoms with Gasteiger partial charge in [0.1, 0.15) is 12.2 Å². The number of rotatable bonds is 1. The molecule has 2 unspecified atom stereocenters. The average molecular weight is 266 g/mol. The van der Waals surface area contributed by atoms with Crippen LogP contribution in [0.25, 0.3) is 11.2 Å². The lowest BCUT2D eigenvalue weighted by molar-refractivity contribution is -0.835. The van der Waals surface area contributed by atoms with Crippen LogP contribution in [0.1, 0.15) is 0 Å². The Kier molecular flexibility index (Phi) is 1.86. The van der Waals surface area contributed by atoms with Gasteiger partial charge in [-0.05, 0) is 0 Å². The normalized spacial score (nSPS) is 36.1. The van der Waals surface area contributed by atoms with Gasteiger partial charge in [-0.15, -0.1) is 0 Å². The van der Waals surface area contributed by atoms with Crippen LogP contribution in [0.5, 0.6) is 0 Å². The van der Waals surface area contributed by atoms with Gasteiger partial charge in [-0.25, -0.2) is 4.98 Å². The molecule has 4 atom stereocenters. The third kappa shape index (κ3) is 0.997. The van der Waals surface area contributed by atoms with E-state index in [2.05, 4.69) is 9.97 Å². The van der Waals surface area contributed by atoms with Crippen LogP contribution in [-0.4, -0.2) is 54.8 Å². The Morgan fingerprint density at radius 1 is 1.47 bits per heavy atom. The van der Waals surface area contributed by atoms with Crippen LogP contribution in [0, 0.1) is 0 Å². The van der Waals surface area contributed by atoms with Crippen molar-refractivity contribution in [2.24, 2.45) is 0 Å². The molecule has 4 heterocycles. The topological polar surface area (TPSA) is 131 Å². The van der Waals surface area contributed by atoms with Crippen molar-refractivity contribution < 1.29 is 24.6 Å². The maximum Gasteiger partial charge on any atom is 0.357 e. The summed E-state index contributed by atoms with van der Waals surface area (Å²) in [4.78, 5) is 8.10. The van der Waals surface area contributed by atoms with Crippen LogP contribution < -0.4 is 10.3 Å². The molecule has 0 radical (unpaired) electrons. The van der Waals surface area contributed by atoms with Gasteiger partial charge >= 0.3 is 5.85 Å². The predicted molar refractivity (Wildman–Crippen MR) is 59.5 cm³/mol. The van der Waals surface area contributed by atoms with Crippen LogP contribution >= 0.6 is 0 Å². The van der Waals surface area contributed by atoms with Gasteiger partial charge < -0.3 is 25.8 Å². The van der Waals surface area contributed by atoms with Crippen molar-refractivity contribution in [3.63, 3.8) is 0 Å². The van der Waals surface area contributed by atoms with E-state index in [1.165, 1.54) is 12.7 Å². The summed E-state index contributed by atoms with van der Waals surface area (Å²) in [5.41, 5.74) is 6.86. The molecule has 2 aromatic heterocycles. The molecule has 0 bridgehead atoms. The lowest BCUT2D eigenvalue weighted by Crippen LogP contribution is -2.74. The average Bonchev–Trinajstić information content (AvgIpc) is 2.92. The fourth-order valence-electron chi connectivity index (χ4n) is 2.86. The molecule has 19 heavy (non-hydrogen) atoms. The van der Waals surface area contributed by atoms with Gasteiger partial charge in [-0.2, -0.15) is 9.13 Å². The van der Waals surface area contributed by atoms with E-state index >= 15 is 0 Å². The molecular weight excluding hydrogens is 254 g/mol. The van der Waals surface area contributed by atoms with E-state index in [9.17, 15) is 15.3 Å². The Hall–Kier alpha value is -1.81. The third-order valence-electron chi connectivity index (χ3n) is 3.81. The molecule has 1 fully saturated rings. The van der Waals surface area contributed by atoms with E-state index in [0.717, 1.165) is 0 Å². The third-order valence-corrected chi connectivity index (χ3v) is 3.81. The summed E-state index contributed by atoms with van der Waals surface area (Å²) in [5, 5.41) is 29.3. The zero-order valence-electron chi connectivity index (χ0n) is 9.71. The van der Waals surface area contributed by atoms with E-state index in [1.807, 2.05) is 0 Å². The standard InChI is InChI=1S/C10H11N5O4/c11-8-5-9-14(2-12-5)10(15(9)3-13-8)7(18)6(17)4(1-16)19-10/h2-4,6-7,11,16-18H,1H2/p+1/t4-,6?,7?,10+/m1/s1. The van der Waals surface area contributed by atoms with E-state index in [4.69, 9.17) is 10.5 Å². The molecule has 0 aromatic carbocycles. The molecule has 0 saturated carbocycles. The first-order valence-corrected chi connectivity index (χ1v) is 5.80. The number of nitrogens with two attached hydrogens (primary N) is 1. The number of fused-ring (bicyclic) bond motifs is 2. The number of nitrogens with zero attached hydrogens (tertiary/aromatic N) is 4. The first kappa shape index (κ1) is 11.1. The molecule has 5 N–H and O–H groups in total. The Balaban J connectivity index is 1.93. The highest BCUT2D eigenvalue weighted by atomic mass is 16.6. The summed E-state index contributed by atoms with van der Waals surface area (Å²) in [5.74, 6) is -1.02. The molecule has 100 valence electrons. The van der Waals surface area contributed by atoms with E-state index in [-0.39, 0.29) is 5.82 Å². The van der Waals surface area contributed by atoms with Crippen molar-refractivity contribution >= 4 is 17.0 Å². The molecule has 9 nitrogen and oxygen atoms in total. The van der Waals surface area contributed by atoms with Gasteiger partial charge in [-0.1, -0.05) is 4.98 Å². The maximum atomic E-state index is 10.2. The minimum atomic E-state index is -1.31. The van der Waals surface area contributed by atoms with Crippen LogP contribution in [0.3, 0.4) is 0 Å². The van der Waals surface area contributed by atoms with E-state index in [1.54, 1.807) is 9.13 Å². The summed E-state index contributed by atoms with van der Waals surface area (Å²) in [6, 6.07) is 0. The summed E-state index contributed by atoms with van der Waals surface area (Å²) < 4.78 is 8.78. The Labute approximate surface area is 106 Å². The second-order valence-electron chi connectivity index (χ2n) is 4.72. The fourth-order valence-corrected chi connectivity index (χ4v) is 2.86. The Morgan fingerprint density at radius 2 is 2.26 bits per heavy atom. The van der Waals surface area contributed by atoms with Crippen molar-refractivity contribution in [1.82, 2.24) is 14.5 Å². The number of aliphatic hydroxyl groups is 3. The van der Waals surface area contributed by atoms with Crippen molar-refractivity contribution in [3.8, 4) is 0 Å². The Bertz CT molecular complexity index is 688. The molecule has 1 saturated heterocycles. The number of anilines is 1. The molecule has 2 aliphatic rings. The largest absolute Gasteiger partial charge is 0.394 e. The summed E-state index contributed by atoms with van der Waals surface area (Å²) in [6.07, 6.45) is -0.399. The SMILES string of the molecule is Nc1nc[n+]2c3c1ncn3[C@]21O[C@H](CO)C(O)C1O. The molecule has 1 spiro atoms. The van der Waals surface area contributed by atoms with Gasteiger partial charge in [0.25, 0.3) is 5.65 Å². The van der Waals surface area contributed by atoms with Crippen LogP contribution in [0.4, 0.5) is 5.82 Å². The molecule has 0 aliphatic carbocycles. The van der Waals surface area contributed by atoms with E-state index < -0.39 is 30.8 Å². The second-order valence-corrected chi connectivity index (χ2v) is 4.72. The quantitative estimate of drug-likeness (QED) is 0.402. The zero-order chi connectivity index (χ0) is 13.4. The summed E-state index contributed by atoms with van der Waals surface area (Å²) >= 11 is 0.